The first-order chi connectivity index (χ1) is 8.42. The van der Waals surface area contributed by atoms with Gasteiger partial charge >= 0.3 is 5.97 Å². The zero-order chi connectivity index (χ0) is 13.6. The zero-order valence-corrected chi connectivity index (χ0v) is 12.7. The van der Waals surface area contributed by atoms with Crippen LogP contribution < -0.4 is 0 Å². The normalized spacial score (nSPS) is 11.3. The lowest BCUT2D eigenvalue weighted by molar-refractivity contribution is 0.0600. The number of carbonyl (C=O) groups is 1. The fraction of sp³-hybridized carbons (Fsp3) is 0.500. The molecular formula is C14H22O3Si. The molecule has 0 atom stereocenters. The van der Waals surface area contributed by atoms with Crippen molar-refractivity contribution in [2.75, 3.05) is 13.7 Å². The van der Waals surface area contributed by atoms with Gasteiger partial charge in [0.2, 0.25) is 0 Å². The number of hydrogen-bond donors (Lipinski definition) is 0. The van der Waals surface area contributed by atoms with Crippen molar-refractivity contribution in [1.82, 2.24) is 0 Å². The second kappa shape index (κ2) is 6.71. The van der Waals surface area contributed by atoms with E-state index in [9.17, 15) is 4.79 Å². The van der Waals surface area contributed by atoms with E-state index in [1.54, 1.807) is 6.07 Å². The van der Waals surface area contributed by atoms with Gasteiger partial charge in [-0.3, -0.25) is 0 Å². The Morgan fingerprint density at radius 3 is 2.61 bits per heavy atom. The van der Waals surface area contributed by atoms with Crippen LogP contribution in [0.2, 0.25) is 19.6 Å². The summed E-state index contributed by atoms with van der Waals surface area (Å²) >= 11 is 0. The van der Waals surface area contributed by atoms with Gasteiger partial charge in [-0.2, -0.15) is 0 Å². The number of esters is 1. The number of ether oxygens (including phenoxy) is 1. The van der Waals surface area contributed by atoms with E-state index in [0.717, 1.165) is 25.0 Å². The second-order valence-corrected chi connectivity index (χ2v) is 9.77. The van der Waals surface area contributed by atoms with Crippen molar-refractivity contribution >= 4 is 14.3 Å². The summed E-state index contributed by atoms with van der Waals surface area (Å²) in [7, 11) is -0.00448. The molecule has 0 fully saturated rings. The van der Waals surface area contributed by atoms with Gasteiger partial charge in [0.05, 0.1) is 12.7 Å². The van der Waals surface area contributed by atoms with Gasteiger partial charge < -0.3 is 9.16 Å². The first kappa shape index (κ1) is 14.9. The van der Waals surface area contributed by atoms with Gasteiger partial charge in [0.15, 0.2) is 8.32 Å². The third-order valence-corrected chi connectivity index (χ3v) is 3.56. The fourth-order valence-corrected chi connectivity index (χ4v) is 2.38. The lowest BCUT2D eigenvalue weighted by Crippen LogP contribution is -2.25. The summed E-state index contributed by atoms with van der Waals surface area (Å²) < 4.78 is 10.5. The average Bonchev–Trinajstić information content (AvgIpc) is 2.33. The molecule has 4 heteroatoms. The lowest BCUT2D eigenvalue weighted by atomic mass is 10.1. The van der Waals surface area contributed by atoms with Crippen LogP contribution in [0.1, 0.15) is 22.3 Å². The predicted octanol–water partition coefficient (Wildman–Crippen LogP) is 3.26. The van der Waals surface area contributed by atoms with Gasteiger partial charge in [-0.05, 0) is 50.2 Å². The molecule has 1 aromatic rings. The van der Waals surface area contributed by atoms with Gasteiger partial charge in [0.25, 0.3) is 0 Å². The molecule has 0 aromatic heterocycles. The molecule has 100 valence electrons. The van der Waals surface area contributed by atoms with E-state index in [2.05, 4.69) is 19.6 Å². The number of benzene rings is 1. The molecule has 0 bridgehead atoms. The topological polar surface area (TPSA) is 35.5 Å². The van der Waals surface area contributed by atoms with Crippen LogP contribution in [0.5, 0.6) is 0 Å². The Morgan fingerprint density at radius 2 is 2.00 bits per heavy atom. The number of rotatable bonds is 6. The number of methoxy groups -OCH3 is 1. The lowest BCUT2D eigenvalue weighted by Gasteiger charge is -2.16. The Bertz CT molecular complexity index is 396. The molecule has 0 N–H and O–H groups in total. The van der Waals surface area contributed by atoms with Gasteiger partial charge in [0.1, 0.15) is 0 Å². The quantitative estimate of drug-likeness (QED) is 0.450. The minimum Gasteiger partial charge on any atom is -0.465 e. The van der Waals surface area contributed by atoms with E-state index in [1.807, 2.05) is 18.2 Å². The molecule has 3 nitrogen and oxygen atoms in total. The Morgan fingerprint density at radius 1 is 1.28 bits per heavy atom. The molecule has 0 radical (unpaired) electrons. The monoisotopic (exact) mass is 266 g/mol. The molecule has 0 aliphatic carbocycles. The van der Waals surface area contributed by atoms with Crippen molar-refractivity contribution in [2.45, 2.75) is 32.5 Å². The molecule has 0 aliphatic rings. The molecule has 1 rings (SSSR count). The van der Waals surface area contributed by atoms with Crippen LogP contribution in [0.3, 0.4) is 0 Å². The average molecular weight is 266 g/mol. The van der Waals surface area contributed by atoms with Crippen LogP contribution in [0.25, 0.3) is 0 Å². The molecular weight excluding hydrogens is 244 g/mol. The Kier molecular flexibility index (Phi) is 5.56. The van der Waals surface area contributed by atoms with Gasteiger partial charge in [-0.15, -0.1) is 0 Å². The van der Waals surface area contributed by atoms with Crippen molar-refractivity contribution < 1.29 is 14.0 Å². The summed E-state index contributed by atoms with van der Waals surface area (Å²) in [5, 5.41) is 0. The maximum Gasteiger partial charge on any atom is 0.337 e. The predicted molar refractivity (Wildman–Crippen MR) is 75.4 cm³/mol. The van der Waals surface area contributed by atoms with E-state index in [1.165, 1.54) is 7.11 Å². The van der Waals surface area contributed by atoms with Gasteiger partial charge in [0, 0.05) is 6.61 Å². The summed E-state index contributed by atoms with van der Waals surface area (Å²) in [5.74, 6) is -0.282. The zero-order valence-electron chi connectivity index (χ0n) is 11.7. The molecule has 0 unspecified atom stereocenters. The van der Waals surface area contributed by atoms with Crippen LogP contribution in [0, 0.1) is 0 Å². The van der Waals surface area contributed by atoms with Crippen molar-refractivity contribution in [3.05, 3.63) is 35.4 Å². The minimum absolute atomic E-state index is 0.282. The van der Waals surface area contributed by atoms with Crippen molar-refractivity contribution in [3.8, 4) is 0 Å². The summed E-state index contributed by atoms with van der Waals surface area (Å²) in [5.41, 5.74) is 1.76. The van der Waals surface area contributed by atoms with Gasteiger partial charge in [-0.1, -0.05) is 12.1 Å². The molecule has 0 spiro atoms. The first-order valence-corrected chi connectivity index (χ1v) is 9.64. The van der Waals surface area contributed by atoms with Crippen molar-refractivity contribution in [3.63, 3.8) is 0 Å². The van der Waals surface area contributed by atoms with E-state index < -0.39 is 8.32 Å². The number of carbonyl (C=O) groups excluding carboxylic acids is 1. The van der Waals surface area contributed by atoms with E-state index in [4.69, 9.17) is 9.16 Å². The van der Waals surface area contributed by atoms with Crippen molar-refractivity contribution in [1.29, 1.82) is 0 Å². The summed E-state index contributed by atoms with van der Waals surface area (Å²) in [6.07, 6.45) is 1.91. The molecule has 0 heterocycles. The maximum absolute atomic E-state index is 11.4. The van der Waals surface area contributed by atoms with Crippen molar-refractivity contribution in [2.24, 2.45) is 0 Å². The van der Waals surface area contributed by atoms with Crippen LogP contribution in [0.15, 0.2) is 24.3 Å². The molecule has 0 amide bonds. The van der Waals surface area contributed by atoms with Crippen LogP contribution in [-0.4, -0.2) is 28.0 Å². The highest BCUT2D eigenvalue weighted by Crippen LogP contribution is 2.10. The summed E-state index contributed by atoms with van der Waals surface area (Å²) in [6, 6.07) is 7.58. The minimum atomic E-state index is -1.40. The smallest absolute Gasteiger partial charge is 0.337 e. The number of hydrogen-bond acceptors (Lipinski definition) is 3. The highest BCUT2D eigenvalue weighted by Gasteiger charge is 2.13. The van der Waals surface area contributed by atoms with Gasteiger partial charge in [-0.25, -0.2) is 4.79 Å². The summed E-state index contributed by atoms with van der Waals surface area (Å²) in [4.78, 5) is 11.4. The summed E-state index contributed by atoms with van der Waals surface area (Å²) in [6.45, 7) is 7.35. The van der Waals surface area contributed by atoms with Crippen LogP contribution in [0.4, 0.5) is 0 Å². The molecule has 0 saturated carbocycles. The number of aryl methyl sites for hydroxylation is 1. The third-order valence-electron chi connectivity index (χ3n) is 2.49. The van der Waals surface area contributed by atoms with E-state index in [0.29, 0.717) is 5.56 Å². The van der Waals surface area contributed by atoms with Crippen LogP contribution >= 0.6 is 0 Å². The highest BCUT2D eigenvalue weighted by atomic mass is 28.4. The third kappa shape index (κ3) is 5.47. The largest absolute Gasteiger partial charge is 0.465 e. The standard InChI is InChI=1S/C14H22O3Si/c1-16-14(15)13-9-5-7-12(11-13)8-6-10-17-18(2,3)4/h5,7,9,11H,6,8,10H2,1-4H3. The SMILES string of the molecule is COC(=O)c1cccc(CCCO[Si](C)(C)C)c1. The van der Waals surface area contributed by atoms with E-state index in [-0.39, 0.29) is 5.97 Å². The molecule has 18 heavy (non-hydrogen) atoms. The Balaban J connectivity index is 2.45. The van der Waals surface area contributed by atoms with Crippen LogP contribution in [-0.2, 0) is 15.6 Å². The van der Waals surface area contributed by atoms with E-state index >= 15 is 0 Å². The first-order valence-electron chi connectivity index (χ1n) is 6.23. The molecule has 0 aliphatic heterocycles. The molecule has 0 saturated heterocycles. The Labute approximate surface area is 110 Å². The fourth-order valence-electron chi connectivity index (χ4n) is 1.63. The maximum atomic E-state index is 11.4. The second-order valence-electron chi connectivity index (χ2n) is 5.26. The highest BCUT2D eigenvalue weighted by molar-refractivity contribution is 6.69. The molecule has 1 aromatic carbocycles. The Hall–Kier alpha value is -1.13.